The molecule has 134 valence electrons. The summed E-state index contributed by atoms with van der Waals surface area (Å²) in [4.78, 5) is 25.3. The fourth-order valence-corrected chi connectivity index (χ4v) is 2.23. The van der Waals surface area contributed by atoms with Crippen LogP contribution < -0.4 is 9.64 Å². The topological polar surface area (TPSA) is 79.6 Å². The van der Waals surface area contributed by atoms with E-state index in [-0.39, 0.29) is 13.2 Å². The summed E-state index contributed by atoms with van der Waals surface area (Å²) in [6, 6.07) is 18.1. The number of hydrogen-bond acceptors (Lipinski definition) is 5. The van der Waals surface area contributed by atoms with Crippen molar-refractivity contribution in [2.75, 3.05) is 24.7 Å². The molecule has 0 atom stereocenters. The number of benzene rings is 2. The van der Waals surface area contributed by atoms with Crippen LogP contribution in [0.1, 0.15) is 12.5 Å². The lowest BCUT2D eigenvalue weighted by Gasteiger charge is -2.19. The minimum Gasteiger partial charge on any atom is -0.482 e. The van der Waals surface area contributed by atoms with Crippen LogP contribution in [0, 0.1) is 11.3 Å². The number of carbonyl (C=O) groups is 2. The van der Waals surface area contributed by atoms with Gasteiger partial charge in [-0.2, -0.15) is 5.26 Å². The molecule has 2 aromatic carbocycles. The van der Waals surface area contributed by atoms with Crippen molar-refractivity contribution < 1.29 is 19.1 Å². The molecular weight excluding hydrogens is 332 g/mol. The summed E-state index contributed by atoms with van der Waals surface area (Å²) >= 11 is 0. The number of nitriles is 1. The maximum atomic E-state index is 12.2. The van der Waals surface area contributed by atoms with Crippen molar-refractivity contribution in [2.45, 2.75) is 13.3 Å². The number of rotatable bonds is 8. The molecule has 1 amide bonds. The molecule has 0 fully saturated rings. The zero-order chi connectivity index (χ0) is 18.8. The number of para-hydroxylation sites is 1. The molecule has 0 saturated heterocycles. The van der Waals surface area contributed by atoms with Gasteiger partial charge in [0, 0.05) is 5.69 Å². The molecule has 0 bridgehead atoms. The Morgan fingerprint density at radius 3 is 2.35 bits per heavy atom. The van der Waals surface area contributed by atoms with E-state index in [2.05, 4.69) is 6.92 Å². The molecule has 6 nitrogen and oxygen atoms in total. The largest absolute Gasteiger partial charge is 0.482 e. The third-order valence-corrected chi connectivity index (χ3v) is 3.64. The van der Waals surface area contributed by atoms with Crippen LogP contribution >= 0.6 is 0 Å². The molecule has 0 aliphatic rings. The van der Waals surface area contributed by atoms with Gasteiger partial charge in [-0.25, -0.2) is 4.79 Å². The number of anilines is 1. The van der Waals surface area contributed by atoms with Crippen LogP contribution in [0.4, 0.5) is 5.69 Å². The molecule has 0 aliphatic carbocycles. The number of hydrogen-bond donors (Lipinski definition) is 0. The van der Waals surface area contributed by atoms with Crippen LogP contribution in [0.15, 0.2) is 54.6 Å². The van der Waals surface area contributed by atoms with Crippen LogP contribution in [-0.2, 0) is 20.7 Å². The van der Waals surface area contributed by atoms with Crippen LogP contribution in [0.3, 0.4) is 0 Å². The molecule has 26 heavy (non-hydrogen) atoms. The van der Waals surface area contributed by atoms with E-state index >= 15 is 0 Å². The van der Waals surface area contributed by atoms with Gasteiger partial charge in [-0.05, 0) is 36.2 Å². The van der Waals surface area contributed by atoms with Crippen LogP contribution in [0.25, 0.3) is 0 Å². The summed E-state index contributed by atoms with van der Waals surface area (Å²) in [5.41, 5.74) is 1.74. The Morgan fingerprint density at radius 2 is 1.73 bits per heavy atom. The van der Waals surface area contributed by atoms with E-state index in [4.69, 9.17) is 14.7 Å². The van der Waals surface area contributed by atoms with E-state index in [0.717, 1.165) is 6.42 Å². The first-order valence-corrected chi connectivity index (χ1v) is 8.23. The third kappa shape index (κ3) is 5.64. The van der Waals surface area contributed by atoms with Crippen molar-refractivity contribution in [2.24, 2.45) is 0 Å². The second kappa shape index (κ2) is 9.84. The molecule has 6 heteroatoms. The van der Waals surface area contributed by atoms with Gasteiger partial charge in [0.05, 0.1) is 6.07 Å². The van der Waals surface area contributed by atoms with Gasteiger partial charge in [-0.15, -0.1) is 0 Å². The van der Waals surface area contributed by atoms with Crippen molar-refractivity contribution in [3.63, 3.8) is 0 Å². The van der Waals surface area contributed by atoms with E-state index < -0.39 is 18.5 Å². The molecule has 0 heterocycles. The number of ether oxygens (including phenoxy) is 2. The third-order valence-electron chi connectivity index (χ3n) is 3.64. The summed E-state index contributed by atoms with van der Waals surface area (Å²) in [7, 11) is 0. The Balaban J connectivity index is 1.83. The first-order chi connectivity index (χ1) is 12.6. The van der Waals surface area contributed by atoms with Gasteiger partial charge in [-0.3, -0.25) is 9.69 Å². The zero-order valence-electron chi connectivity index (χ0n) is 14.6. The second-order valence-electron chi connectivity index (χ2n) is 5.42. The Kier molecular flexibility index (Phi) is 7.19. The first-order valence-electron chi connectivity index (χ1n) is 8.23. The molecule has 0 aromatic heterocycles. The van der Waals surface area contributed by atoms with Gasteiger partial charge in [0.25, 0.3) is 5.91 Å². The van der Waals surface area contributed by atoms with Crippen molar-refractivity contribution in [1.29, 1.82) is 5.26 Å². The summed E-state index contributed by atoms with van der Waals surface area (Å²) in [5.74, 6) is -0.567. The Labute approximate surface area is 152 Å². The summed E-state index contributed by atoms with van der Waals surface area (Å²) in [5, 5.41) is 8.90. The highest BCUT2D eigenvalue weighted by atomic mass is 16.6. The van der Waals surface area contributed by atoms with E-state index in [0.29, 0.717) is 11.4 Å². The standard InChI is InChI=1S/C20H20N2O4/c1-2-16-8-10-18(11-9-16)25-15-20(24)26-14-19(23)22(13-12-21)17-6-4-3-5-7-17/h3-11H,2,13-15H2,1H3. The van der Waals surface area contributed by atoms with E-state index in [9.17, 15) is 9.59 Å². The van der Waals surface area contributed by atoms with Crippen molar-refractivity contribution in [3.05, 3.63) is 60.2 Å². The van der Waals surface area contributed by atoms with E-state index in [1.807, 2.05) is 24.3 Å². The van der Waals surface area contributed by atoms with Crippen LogP contribution in [0.5, 0.6) is 5.75 Å². The highest BCUT2D eigenvalue weighted by Gasteiger charge is 2.17. The Bertz CT molecular complexity index is 767. The average molecular weight is 352 g/mol. The van der Waals surface area contributed by atoms with Gasteiger partial charge in [0.15, 0.2) is 13.2 Å². The summed E-state index contributed by atoms with van der Waals surface area (Å²) in [6.45, 7) is 1.19. The number of nitrogens with zero attached hydrogens (tertiary/aromatic N) is 2. The fourth-order valence-electron chi connectivity index (χ4n) is 2.23. The number of esters is 1. The molecule has 0 spiro atoms. The number of amides is 1. The van der Waals surface area contributed by atoms with Crippen molar-refractivity contribution in [1.82, 2.24) is 0 Å². The van der Waals surface area contributed by atoms with Gasteiger partial charge < -0.3 is 9.47 Å². The van der Waals surface area contributed by atoms with Gasteiger partial charge in [-0.1, -0.05) is 37.3 Å². The number of aryl methyl sites for hydroxylation is 1. The zero-order valence-corrected chi connectivity index (χ0v) is 14.6. The van der Waals surface area contributed by atoms with Crippen molar-refractivity contribution in [3.8, 4) is 11.8 Å². The first kappa shape index (κ1) is 19.0. The lowest BCUT2D eigenvalue weighted by Crippen LogP contribution is -2.35. The Hall–Kier alpha value is -3.33. The molecule has 2 aromatic rings. The highest BCUT2D eigenvalue weighted by molar-refractivity contribution is 5.95. The monoisotopic (exact) mass is 352 g/mol. The maximum absolute atomic E-state index is 12.2. The Morgan fingerprint density at radius 1 is 1.04 bits per heavy atom. The van der Waals surface area contributed by atoms with E-state index in [1.165, 1.54) is 10.5 Å². The molecule has 0 saturated carbocycles. The SMILES string of the molecule is CCc1ccc(OCC(=O)OCC(=O)N(CC#N)c2ccccc2)cc1. The van der Waals surface area contributed by atoms with Gasteiger partial charge >= 0.3 is 5.97 Å². The normalized spacial score (nSPS) is 9.85. The van der Waals surface area contributed by atoms with E-state index in [1.54, 1.807) is 36.4 Å². The quantitative estimate of drug-likeness (QED) is 0.539. The summed E-state index contributed by atoms with van der Waals surface area (Å²) < 4.78 is 10.3. The van der Waals surface area contributed by atoms with Crippen LogP contribution in [-0.4, -0.2) is 31.6 Å². The molecule has 0 N–H and O–H groups in total. The summed E-state index contributed by atoms with van der Waals surface area (Å²) in [6.07, 6.45) is 0.922. The molecule has 2 rings (SSSR count). The minimum atomic E-state index is -0.650. The molecule has 0 unspecified atom stereocenters. The van der Waals surface area contributed by atoms with Gasteiger partial charge in [0.2, 0.25) is 0 Å². The smallest absolute Gasteiger partial charge is 0.344 e. The predicted octanol–water partition coefficient (Wildman–Crippen LogP) is 2.73. The lowest BCUT2D eigenvalue weighted by atomic mass is 10.2. The second-order valence-corrected chi connectivity index (χ2v) is 5.42. The fraction of sp³-hybridized carbons (Fsp3) is 0.250. The predicted molar refractivity (Wildman–Crippen MR) is 96.7 cm³/mol. The highest BCUT2D eigenvalue weighted by Crippen LogP contribution is 2.14. The molecular formula is C20H20N2O4. The lowest BCUT2D eigenvalue weighted by molar-refractivity contribution is -0.149. The van der Waals surface area contributed by atoms with Crippen molar-refractivity contribution >= 4 is 17.6 Å². The average Bonchev–Trinajstić information content (AvgIpc) is 2.69. The van der Waals surface area contributed by atoms with Crippen LogP contribution in [0.2, 0.25) is 0 Å². The number of carbonyl (C=O) groups excluding carboxylic acids is 2. The maximum Gasteiger partial charge on any atom is 0.344 e. The molecule has 0 radical (unpaired) electrons. The molecule has 0 aliphatic heterocycles. The van der Waals surface area contributed by atoms with Gasteiger partial charge in [0.1, 0.15) is 12.3 Å². The minimum absolute atomic E-state index is 0.124.